The number of pyridine rings is 1. The minimum Gasteiger partial charge on any atom is -0.358 e. The number of alkyl halides is 3. The van der Waals surface area contributed by atoms with E-state index >= 15 is 0 Å². The third-order valence-corrected chi connectivity index (χ3v) is 8.51. The Hall–Kier alpha value is -3.98. The second kappa shape index (κ2) is 10.7. The molecule has 1 aliphatic heterocycles. The molecule has 4 heterocycles. The van der Waals surface area contributed by atoms with Gasteiger partial charge >= 0.3 is 0 Å². The lowest BCUT2D eigenvalue weighted by molar-refractivity contribution is -0.117. The fourth-order valence-corrected chi connectivity index (χ4v) is 5.99. The number of benzene rings is 1. The Morgan fingerprint density at radius 1 is 1.17 bits per heavy atom. The zero-order valence-corrected chi connectivity index (χ0v) is 23.5. The number of fused-ring (bicyclic) bond motifs is 1. The van der Waals surface area contributed by atoms with Crippen LogP contribution in [0.2, 0.25) is 0 Å². The van der Waals surface area contributed by atoms with Gasteiger partial charge < -0.3 is 19.9 Å². The van der Waals surface area contributed by atoms with Crippen LogP contribution in [0.5, 0.6) is 0 Å². The standard InChI is InChI=1S/C27H28F3N7O4S/c1-36-13-31-12-19(36)14-6-7-17(20(9-14)42(2,39)40)32-18-11-21(34-27(38)15-10-16(15)28)33-25-23(18)35-26(24(29)30)37(25)22-5-3-4-8-41-22/h6-7,9,11-13,15-16,22,24H,3-5,8,10H2,1-2H3,(H2,32,33,34,38)/t15-,16+,22?/m1/s1. The summed E-state index contributed by atoms with van der Waals surface area (Å²) < 4.78 is 76.7. The van der Waals surface area contributed by atoms with Crippen molar-refractivity contribution in [2.45, 2.75) is 49.4 Å². The molecule has 2 fully saturated rings. The van der Waals surface area contributed by atoms with Gasteiger partial charge in [0, 0.05) is 31.5 Å². The molecule has 1 saturated heterocycles. The Morgan fingerprint density at radius 3 is 2.57 bits per heavy atom. The van der Waals surface area contributed by atoms with Crippen LogP contribution in [0.15, 0.2) is 41.7 Å². The Bertz CT molecular complexity index is 1780. The van der Waals surface area contributed by atoms with E-state index in [-0.39, 0.29) is 39.7 Å². The number of ether oxygens (including phenoxy) is 1. The average molecular weight is 604 g/mol. The molecule has 3 atom stereocenters. The van der Waals surface area contributed by atoms with Gasteiger partial charge in [-0.15, -0.1) is 0 Å². The van der Waals surface area contributed by atoms with E-state index in [2.05, 4.69) is 25.6 Å². The summed E-state index contributed by atoms with van der Waals surface area (Å²) in [5.41, 5.74) is 1.60. The van der Waals surface area contributed by atoms with Crippen molar-refractivity contribution in [2.75, 3.05) is 23.5 Å². The lowest BCUT2D eigenvalue weighted by Gasteiger charge is -2.25. The molecule has 1 unspecified atom stereocenters. The lowest BCUT2D eigenvalue weighted by atomic mass is 10.1. The number of imidazole rings is 2. The molecule has 1 aromatic carbocycles. The van der Waals surface area contributed by atoms with E-state index in [0.29, 0.717) is 24.3 Å². The number of carbonyl (C=O) groups is 1. The molecule has 4 aromatic rings. The Morgan fingerprint density at radius 2 is 1.95 bits per heavy atom. The highest BCUT2D eigenvalue weighted by atomic mass is 32.2. The second-order valence-electron chi connectivity index (χ2n) is 10.5. The maximum Gasteiger partial charge on any atom is 0.295 e. The SMILES string of the molecule is Cn1cncc1-c1ccc(Nc2cc(NC(=O)[C@@H]3C[C@@H]3F)nc3c2nc(C(F)F)n3C2CCCCO2)c(S(C)(=O)=O)c1. The molecular weight excluding hydrogens is 575 g/mol. The van der Waals surface area contributed by atoms with Crippen LogP contribution in [0.25, 0.3) is 22.4 Å². The van der Waals surface area contributed by atoms with Crippen molar-refractivity contribution in [1.29, 1.82) is 0 Å². The number of halogens is 3. The van der Waals surface area contributed by atoms with E-state index < -0.39 is 46.3 Å². The van der Waals surface area contributed by atoms with Gasteiger partial charge in [-0.25, -0.2) is 36.5 Å². The largest absolute Gasteiger partial charge is 0.358 e. The first-order valence-corrected chi connectivity index (χ1v) is 15.3. The van der Waals surface area contributed by atoms with Crippen LogP contribution in [0.3, 0.4) is 0 Å². The minimum atomic E-state index is -3.79. The lowest BCUT2D eigenvalue weighted by Crippen LogP contribution is -2.21. The number of aryl methyl sites for hydroxylation is 1. The summed E-state index contributed by atoms with van der Waals surface area (Å²) in [6.45, 7) is 0.370. The van der Waals surface area contributed by atoms with Gasteiger partial charge in [0.05, 0.1) is 40.4 Å². The van der Waals surface area contributed by atoms with Crippen molar-refractivity contribution in [1.82, 2.24) is 24.1 Å². The smallest absolute Gasteiger partial charge is 0.295 e. The number of hydrogen-bond donors (Lipinski definition) is 2. The number of amides is 1. The van der Waals surface area contributed by atoms with E-state index in [9.17, 15) is 26.4 Å². The molecular formula is C27H28F3N7O4S. The van der Waals surface area contributed by atoms with Gasteiger partial charge in [-0.2, -0.15) is 0 Å². The normalized spacial score (nSPS) is 20.7. The predicted molar refractivity (Wildman–Crippen MR) is 148 cm³/mol. The van der Waals surface area contributed by atoms with Crippen molar-refractivity contribution in [2.24, 2.45) is 13.0 Å². The maximum absolute atomic E-state index is 14.3. The monoisotopic (exact) mass is 603 g/mol. The van der Waals surface area contributed by atoms with Crippen molar-refractivity contribution in [3.8, 4) is 11.3 Å². The number of nitrogens with one attached hydrogen (secondary N) is 2. The van der Waals surface area contributed by atoms with E-state index in [1.54, 1.807) is 36.3 Å². The molecule has 0 spiro atoms. The van der Waals surface area contributed by atoms with E-state index in [0.717, 1.165) is 19.1 Å². The number of rotatable bonds is 8. The first-order chi connectivity index (χ1) is 20.0. The van der Waals surface area contributed by atoms with Gasteiger partial charge in [0.2, 0.25) is 5.91 Å². The van der Waals surface area contributed by atoms with Crippen molar-refractivity contribution in [3.63, 3.8) is 0 Å². The van der Waals surface area contributed by atoms with Crippen LogP contribution in [0.1, 0.15) is 44.2 Å². The summed E-state index contributed by atoms with van der Waals surface area (Å²) in [5, 5.41) is 5.60. The van der Waals surface area contributed by atoms with E-state index in [1.165, 1.54) is 16.7 Å². The maximum atomic E-state index is 14.3. The van der Waals surface area contributed by atoms with Crippen LogP contribution in [0, 0.1) is 5.92 Å². The van der Waals surface area contributed by atoms with Crippen LogP contribution >= 0.6 is 0 Å². The van der Waals surface area contributed by atoms with Gasteiger partial charge in [0.15, 0.2) is 21.3 Å². The van der Waals surface area contributed by atoms with Gasteiger partial charge in [-0.05, 0) is 37.8 Å². The molecule has 0 radical (unpaired) electrons. The second-order valence-corrected chi connectivity index (χ2v) is 12.5. The number of hydrogen-bond acceptors (Lipinski definition) is 8. The van der Waals surface area contributed by atoms with Crippen LogP contribution in [0.4, 0.5) is 30.4 Å². The number of carbonyl (C=O) groups excluding carboxylic acids is 1. The number of anilines is 3. The highest BCUT2D eigenvalue weighted by Gasteiger charge is 2.44. The molecule has 1 amide bonds. The molecule has 222 valence electrons. The highest BCUT2D eigenvalue weighted by Crippen LogP contribution is 2.39. The first kappa shape index (κ1) is 28.2. The quantitative estimate of drug-likeness (QED) is 0.290. The minimum absolute atomic E-state index is 0.0116. The van der Waals surface area contributed by atoms with Crippen LogP contribution < -0.4 is 10.6 Å². The fourth-order valence-electron chi connectivity index (χ4n) is 5.13. The molecule has 2 aliphatic rings. The van der Waals surface area contributed by atoms with Gasteiger partial charge in [0.25, 0.3) is 6.43 Å². The van der Waals surface area contributed by atoms with Gasteiger partial charge in [-0.3, -0.25) is 9.36 Å². The first-order valence-electron chi connectivity index (χ1n) is 13.4. The summed E-state index contributed by atoms with van der Waals surface area (Å²) in [6, 6.07) is 6.10. The fraction of sp³-hybridized carbons (Fsp3) is 0.407. The van der Waals surface area contributed by atoms with Crippen molar-refractivity contribution in [3.05, 3.63) is 42.6 Å². The van der Waals surface area contributed by atoms with E-state index in [4.69, 9.17) is 4.74 Å². The third kappa shape index (κ3) is 5.33. The Balaban J connectivity index is 1.50. The summed E-state index contributed by atoms with van der Waals surface area (Å²) in [5.74, 6) is -2.01. The van der Waals surface area contributed by atoms with Crippen molar-refractivity contribution >= 4 is 44.1 Å². The molecule has 3 aromatic heterocycles. The van der Waals surface area contributed by atoms with Crippen LogP contribution in [-0.2, 0) is 26.4 Å². The topological polar surface area (TPSA) is 133 Å². The van der Waals surface area contributed by atoms with Crippen LogP contribution in [-0.4, -0.2) is 57.4 Å². The van der Waals surface area contributed by atoms with E-state index in [1.807, 2.05) is 0 Å². The number of aromatic nitrogens is 5. The predicted octanol–water partition coefficient (Wildman–Crippen LogP) is 4.91. The molecule has 6 rings (SSSR count). The zero-order valence-electron chi connectivity index (χ0n) is 22.7. The number of sulfone groups is 1. The molecule has 11 nitrogen and oxygen atoms in total. The average Bonchev–Trinajstić information content (AvgIpc) is 3.33. The van der Waals surface area contributed by atoms with Gasteiger partial charge in [0.1, 0.15) is 23.7 Å². The summed E-state index contributed by atoms with van der Waals surface area (Å²) in [4.78, 5) is 25.2. The molecule has 42 heavy (non-hydrogen) atoms. The molecule has 1 saturated carbocycles. The molecule has 15 heteroatoms. The summed E-state index contributed by atoms with van der Waals surface area (Å²) in [6.07, 6.45) is 1.32. The Kier molecular flexibility index (Phi) is 7.17. The third-order valence-electron chi connectivity index (χ3n) is 7.38. The summed E-state index contributed by atoms with van der Waals surface area (Å²) >= 11 is 0. The Labute approximate surface area is 239 Å². The molecule has 1 aliphatic carbocycles. The van der Waals surface area contributed by atoms with Crippen molar-refractivity contribution < 1.29 is 31.1 Å². The molecule has 2 N–H and O–H groups in total. The summed E-state index contributed by atoms with van der Waals surface area (Å²) in [7, 11) is -2.01. The molecule has 0 bridgehead atoms. The van der Waals surface area contributed by atoms with Gasteiger partial charge in [-0.1, -0.05) is 6.07 Å². The number of nitrogens with zero attached hydrogens (tertiary/aromatic N) is 5. The zero-order chi connectivity index (χ0) is 29.8. The highest BCUT2D eigenvalue weighted by molar-refractivity contribution is 7.90.